The van der Waals surface area contributed by atoms with Crippen molar-refractivity contribution in [1.82, 2.24) is 0 Å². The molecule has 0 N–H and O–H groups in total. The molecule has 1 aromatic heterocycles. The molecule has 2 atom stereocenters. The maximum Gasteiger partial charge on any atom is 0.0692 e. The normalized spacial score (nSPS) is 16.4. The summed E-state index contributed by atoms with van der Waals surface area (Å²) >= 11 is 11.7. The van der Waals surface area contributed by atoms with Crippen molar-refractivity contribution in [3.8, 4) is 0 Å². The Morgan fingerprint density at radius 2 is 2.07 bits per heavy atom. The van der Waals surface area contributed by atoms with E-state index >= 15 is 0 Å². The van der Waals surface area contributed by atoms with Gasteiger partial charge in [-0.2, -0.15) is 0 Å². The second-order valence-electron chi connectivity index (χ2n) is 5.10. The third-order valence-corrected chi connectivity index (χ3v) is 5.48. The molecular formula is C12H18BrClS. The number of hydrogen-bond acceptors (Lipinski definition) is 1. The minimum Gasteiger partial charge on any atom is -0.146 e. The van der Waals surface area contributed by atoms with Gasteiger partial charge in [-0.05, 0) is 45.1 Å². The fourth-order valence-electron chi connectivity index (χ4n) is 1.30. The first-order valence-corrected chi connectivity index (χ1v) is 7.30. The molecule has 0 radical (unpaired) electrons. The van der Waals surface area contributed by atoms with Crippen molar-refractivity contribution in [2.24, 2.45) is 11.3 Å². The summed E-state index contributed by atoms with van der Waals surface area (Å²) in [6, 6.07) is 2.07. The van der Waals surface area contributed by atoms with Crippen LogP contribution in [0.25, 0.3) is 0 Å². The Bertz CT molecular complexity index is 314. The van der Waals surface area contributed by atoms with Crippen LogP contribution in [0.5, 0.6) is 0 Å². The third kappa shape index (κ3) is 3.76. The summed E-state index contributed by atoms with van der Waals surface area (Å²) in [7, 11) is 0. The van der Waals surface area contributed by atoms with E-state index in [1.165, 1.54) is 4.88 Å². The molecule has 3 heteroatoms. The highest BCUT2D eigenvalue weighted by Crippen LogP contribution is 2.40. The summed E-state index contributed by atoms with van der Waals surface area (Å²) in [5.74, 6) is 0.619. The van der Waals surface area contributed by atoms with E-state index in [4.69, 9.17) is 11.6 Å². The Labute approximate surface area is 110 Å². The zero-order chi connectivity index (χ0) is 11.6. The van der Waals surface area contributed by atoms with Gasteiger partial charge in [-0.1, -0.05) is 27.7 Å². The first kappa shape index (κ1) is 13.5. The Morgan fingerprint density at radius 1 is 1.47 bits per heavy atom. The number of hydrogen-bond donors (Lipinski definition) is 0. The molecule has 0 aliphatic rings. The maximum absolute atomic E-state index is 6.43. The standard InChI is InChI=1S/C12H18BrClS/c1-8(12(2,3)4)7-10(14)11-9(13)5-6-15-11/h5-6,8,10H,7H2,1-4H3. The largest absolute Gasteiger partial charge is 0.146 e. The van der Waals surface area contributed by atoms with E-state index in [9.17, 15) is 0 Å². The van der Waals surface area contributed by atoms with Crippen molar-refractivity contribution in [3.05, 3.63) is 20.8 Å². The number of halogens is 2. The van der Waals surface area contributed by atoms with Gasteiger partial charge in [0, 0.05) is 9.35 Å². The summed E-state index contributed by atoms with van der Waals surface area (Å²) in [4.78, 5) is 1.26. The lowest BCUT2D eigenvalue weighted by atomic mass is 9.79. The second kappa shape index (κ2) is 5.20. The molecule has 86 valence electrons. The molecular weight excluding hydrogens is 292 g/mol. The van der Waals surface area contributed by atoms with Gasteiger partial charge in [0.15, 0.2) is 0 Å². The van der Waals surface area contributed by atoms with Gasteiger partial charge in [0.05, 0.1) is 5.38 Å². The number of rotatable bonds is 3. The summed E-state index contributed by atoms with van der Waals surface area (Å²) < 4.78 is 1.15. The van der Waals surface area contributed by atoms with Crippen LogP contribution in [0.4, 0.5) is 0 Å². The lowest BCUT2D eigenvalue weighted by Crippen LogP contribution is -2.18. The van der Waals surface area contributed by atoms with Crippen LogP contribution in [0.15, 0.2) is 15.9 Å². The highest BCUT2D eigenvalue weighted by Gasteiger charge is 2.24. The van der Waals surface area contributed by atoms with E-state index in [0.29, 0.717) is 11.3 Å². The Kier molecular flexibility index (Phi) is 4.69. The van der Waals surface area contributed by atoms with Crippen molar-refractivity contribution in [1.29, 1.82) is 0 Å². The van der Waals surface area contributed by atoms with Crippen LogP contribution in [0.2, 0.25) is 0 Å². The van der Waals surface area contributed by atoms with Crippen molar-refractivity contribution >= 4 is 38.9 Å². The average molecular weight is 310 g/mol. The Balaban J connectivity index is 2.64. The fraction of sp³-hybridized carbons (Fsp3) is 0.667. The number of thiophene rings is 1. The van der Waals surface area contributed by atoms with E-state index in [-0.39, 0.29) is 5.38 Å². The van der Waals surface area contributed by atoms with Gasteiger partial charge in [0.1, 0.15) is 0 Å². The van der Waals surface area contributed by atoms with E-state index in [2.05, 4.69) is 55.1 Å². The molecule has 0 fully saturated rings. The second-order valence-corrected chi connectivity index (χ2v) is 7.43. The fourth-order valence-corrected chi connectivity index (χ4v) is 3.61. The summed E-state index contributed by atoms with van der Waals surface area (Å²) in [6.45, 7) is 9.08. The zero-order valence-corrected chi connectivity index (χ0v) is 12.8. The SMILES string of the molecule is CC(CC(Cl)c1sccc1Br)C(C)(C)C. The molecule has 0 spiro atoms. The van der Waals surface area contributed by atoms with Gasteiger partial charge >= 0.3 is 0 Å². The zero-order valence-electron chi connectivity index (χ0n) is 9.68. The minimum atomic E-state index is 0.133. The molecule has 15 heavy (non-hydrogen) atoms. The Hall–Kier alpha value is 0.470. The van der Waals surface area contributed by atoms with Crippen LogP contribution in [-0.2, 0) is 0 Å². The predicted molar refractivity (Wildman–Crippen MR) is 73.8 cm³/mol. The van der Waals surface area contributed by atoms with Gasteiger partial charge < -0.3 is 0 Å². The first-order valence-electron chi connectivity index (χ1n) is 5.19. The van der Waals surface area contributed by atoms with E-state index in [0.717, 1.165) is 10.9 Å². The highest BCUT2D eigenvalue weighted by molar-refractivity contribution is 9.10. The lowest BCUT2D eigenvalue weighted by molar-refractivity contribution is 0.245. The molecule has 0 saturated carbocycles. The quantitative estimate of drug-likeness (QED) is 0.613. The monoisotopic (exact) mass is 308 g/mol. The van der Waals surface area contributed by atoms with Crippen LogP contribution in [0, 0.1) is 11.3 Å². The molecule has 0 saturated heterocycles. The van der Waals surface area contributed by atoms with E-state index in [1.54, 1.807) is 11.3 Å². The molecule has 0 nitrogen and oxygen atoms in total. The molecule has 0 aliphatic heterocycles. The van der Waals surface area contributed by atoms with Crippen molar-refractivity contribution in [3.63, 3.8) is 0 Å². The van der Waals surface area contributed by atoms with Gasteiger partial charge in [-0.25, -0.2) is 0 Å². The van der Waals surface area contributed by atoms with Crippen molar-refractivity contribution in [2.75, 3.05) is 0 Å². The molecule has 0 amide bonds. The van der Waals surface area contributed by atoms with E-state index < -0.39 is 0 Å². The molecule has 1 aromatic rings. The molecule has 2 unspecified atom stereocenters. The smallest absolute Gasteiger partial charge is 0.0692 e. The third-order valence-electron chi connectivity index (χ3n) is 2.97. The molecule has 0 bridgehead atoms. The predicted octanol–water partition coefficient (Wildman–Crippen LogP) is 5.86. The van der Waals surface area contributed by atoms with Gasteiger partial charge in [0.2, 0.25) is 0 Å². The van der Waals surface area contributed by atoms with Gasteiger partial charge in [-0.15, -0.1) is 22.9 Å². The van der Waals surface area contributed by atoms with Crippen LogP contribution < -0.4 is 0 Å². The van der Waals surface area contributed by atoms with E-state index in [1.807, 2.05) is 0 Å². The Morgan fingerprint density at radius 3 is 2.47 bits per heavy atom. The van der Waals surface area contributed by atoms with Crippen LogP contribution in [0.1, 0.15) is 44.4 Å². The van der Waals surface area contributed by atoms with Gasteiger partial charge in [0.25, 0.3) is 0 Å². The van der Waals surface area contributed by atoms with Crippen LogP contribution in [-0.4, -0.2) is 0 Å². The first-order chi connectivity index (χ1) is 6.82. The van der Waals surface area contributed by atoms with Gasteiger partial charge in [-0.3, -0.25) is 0 Å². The summed E-state index contributed by atoms with van der Waals surface area (Å²) in [6.07, 6.45) is 1.03. The summed E-state index contributed by atoms with van der Waals surface area (Å²) in [5, 5.41) is 2.21. The number of alkyl halides is 1. The summed E-state index contributed by atoms with van der Waals surface area (Å²) in [5.41, 5.74) is 0.330. The van der Waals surface area contributed by atoms with Crippen LogP contribution in [0.3, 0.4) is 0 Å². The minimum absolute atomic E-state index is 0.133. The topological polar surface area (TPSA) is 0 Å². The highest BCUT2D eigenvalue weighted by atomic mass is 79.9. The van der Waals surface area contributed by atoms with Crippen molar-refractivity contribution in [2.45, 2.75) is 39.5 Å². The average Bonchev–Trinajstić information content (AvgIpc) is 2.49. The van der Waals surface area contributed by atoms with Crippen molar-refractivity contribution < 1.29 is 0 Å². The molecule has 1 heterocycles. The lowest BCUT2D eigenvalue weighted by Gasteiger charge is -2.28. The molecule has 1 rings (SSSR count). The maximum atomic E-state index is 6.43. The molecule has 0 aromatic carbocycles. The van der Waals surface area contributed by atoms with Crippen LogP contribution >= 0.6 is 38.9 Å². The molecule has 0 aliphatic carbocycles.